The highest BCUT2D eigenvalue weighted by Gasteiger charge is 2.56. The topological polar surface area (TPSA) is 63.7 Å². The molecule has 1 amide bonds. The first kappa shape index (κ1) is 30.8. The van der Waals surface area contributed by atoms with E-state index in [4.69, 9.17) is 4.74 Å². The monoisotopic (exact) mass is 595 g/mol. The average Bonchev–Trinajstić information content (AvgIpc) is 3.04. The normalized spacial score (nSPS) is 17.9. The largest absolute Gasteiger partial charge is 0.448 e. The number of β-lactam (4-membered cyclic amide) rings is 1. The van der Waals surface area contributed by atoms with Crippen molar-refractivity contribution in [3.05, 3.63) is 119 Å². The zero-order valence-electron chi connectivity index (χ0n) is 25.0. The molecule has 0 N–H and O–H groups in total. The first-order chi connectivity index (χ1) is 21.1. The van der Waals surface area contributed by atoms with Crippen molar-refractivity contribution in [2.45, 2.75) is 76.2 Å². The number of unbranched alkanes of at least 4 members (excludes halogenated alkanes) is 6. The fourth-order valence-electron chi connectivity index (χ4n) is 5.98. The molecule has 0 saturated carbocycles. The second-order valence-corrected chi connectivity index (χ2v) is 12.6. The Morgan fingerprint density at radius 3 is 1.98 bits per heavy atom. The van der Waals surface area contributed by atoms with Crippen LogP contribution in [0.2, 0.25) is 0 Å². The van der Waals surface area contributed by atoms with Crippen LogP contribution in [0.1, 0.15) is 81.1 Å². The second kappa shape index (κ2) is 15.2. The quantitative estimate of drug-likeness (QED) is 0.0770. The lowest BCUT2D eigenvalue weighted by molar-refractivity contribution is -0.159. The Kier molecular flexibility index (Phi) is 10.9. The first-order valence-corrected chi connectivity index (χ1v) is 16.7. The minimum absolute atomic E-state index is 0.0976. The van der Waals surface area contributed by atoms with E-state index in [1.165, 1.54) is 32.1 Å². The standard InChI is InChI=1S/C37H41NO4S/c1-2-3-4-5-6-7-13-24-30-26-43-36-32(31(39)25-27-18-11-8-12-19-27)35(40)38(36)33(30)37(41)42-34(28-20-14-9-15-21-28)29-22-16-10-17-23-29/h8-12,14-23,32,34,36H,2-7,13,24-26H2,1H3. The zero-order valence-corrected chi connectivity index (χ0v) is 25.8. The van der Waals surface area contributed by atoms with Gasteiger partial charge >= 0.3 is 5.97 Å². The number of hydrogen-bond donors (Lipinski definition) is 0. The number of fused-ring (bicyclic) bond motifs is 1. The van der Waals surface area contributed by atoms with Gasteiger partial charge < -0.3 is 4.74 Å². The van der Waals surface area contributed by atoms with Crippen molar-refractivity contribution < 1.29 is 19.1 Å². The summed E-state index contributed by atoms with van der Waals surface area (Å²) in [6.45, 7) is 2.22. The maximum absolute atomic E-state index is 14.1. The molecule has 0 radical (unpaired) electrons. The predicted molar refractivity (Wildman–Crippen MR) is 172 cm³/mol. The molecular weight excluding hydrogens is 554 g/mol. The van der Waals surface area contributed by atoms with Gasteiger partial charge in [-0.05, 0) is 35.1 Å². The molecule has 0 aliphatic carbocycles. The van der Waals surface area contributed by atoms with E-state index in [1.54, 1.807) is 16.7 Å². The molecule has 2 aliphatic heterocycles. The van der Waals surface area contributed by atoms with Crippen LogP contribution in [0, 0.1) is 5.92 Å². The van der Waals surface area contributed by atoms with Gasteiger partial charge in [0.1, 0.15) is 17.0 Å². The van der Waals surface area contributed by atoms with Gasteiger partial charge in [0.15, 0.2) is 11.9 Å². The molecule has 3 aromatic carbocycles. The van der Waals surface area contributed by atoms with Gasteiger partial charge in [-0.3, -0.25) is 14.5 Å². The summed E-state index contributed by atoms with van der Waals surface area (Å²) < 4.78 is 6.27. The van der Waals surface area contributed by atoms with Crippen molar-refractivity contribution in [1.29, 1.82) is 0 Å². The van der Waals surface area contributed by atoms with Gasteiger partial charge in [-0.1, -0.05) is 136 Å². The lowest BCUT2D eigenvalue weighted by Gasteiger charge is -2.49. The second-order valence-electron chi connectivity index (χ2n) is 11.4. The van der Waals surface area contributed by atoms with Gasteiger partial charge in [-0.15, -0.1) is 11.8 Å². The molecule has 1 saturated heterocycles. The molecule has 2 heterocycles. The average molecular weight is 596 g/mol. The Morgan fingerprint density at radius 1 is 0.814 bits per heavy atom. The number of benzene rings is 3. The van der Waals surface area contributed by atoms with Gasteiger partial charge in [-0.2, -0.15) is 0 Å². The van der Waals surface area contributed by atoms with Crippen LogP contribution in [0.25, 0.3) is 0 Å². The van der Waals surface area contributed by atoms with Crippen molar-refractivity contribution in [2.24, 2.45) is 5.92 Å². The van der Waals surface area contributed by atoms with E-state index in [-0.39, 0.29) is 23.5 Å². The number of carbonyl (C=O) groups is 3. The van der Waals surface area contributed by atoms with Crippen LogP contribution in [-0.4, -0.2) is 33.7 Å². The maximum atomic E-state index is 14.1. The van der Waals surface area contributed by atoms with Gasteiger partial charge in [0.05, 0.1) is 0 Å². The number of Topliss-reactive ketones (excluding diaryl/α,β-unsaturated/α-hetero) is 1. The predicted octanol–water partition coefficient (Wildman–Crippen LogP) is 8.06. The summed E-state index contributed by atoms with van der Waals surface area (Å²) in [5, 5.41) is -0.379. The lowest BCUT2D eigenvalue weighted by Crippen LogP contribution is -2.64. The number of hydrogen-bond acceptors (Lipinski definition) is 5. The van der Waals surface area contributed by atoms with Crippen molar-refractivity contribution in [3.8, 4) is 0 Å². The minimum atomic E-state index is -0.743. The summed E-state index contributed by atoms with van der Waals surface area (Å²) in [5.74, 6) is -1.02. The SMILES string of the molecule is CCCCCCCCCC1=C(C(=O)OC(c2ccccc2)c2ccccc2)N2C(=O)C(C(=O)Cc3ccccc3)C2SC1. The summed E-state index contributed by atoms with van der Waals surface area (Å²) in [6.07, 6.45) is 8.54. The van der Waals surface area contributed by atoms with Crippen LogP contribution < -0.4 is 0 Å². The zero-order chi connectivity index (χ0) is 30.0. The summed E-state index contributed by atoms with van der Waals surface area (Å²) in [4.78, 5) is 42.6. The highest BCUT2D eigenvalue weighted by atomic mass is 32.2. The molecule has 2 aliphatic rings. The van der Waals surface area contributed by atoms with Crippen LogP contribution in [0.3, 0.4) is 0 Å². The third-order valence-electron chi connectivity index (χ3n) is 8.32. The third-order valence-corrected chi connectivity index (χ3v) is 9.66. The molecule has 6 heteroatoms. The molecule has 0 bridgehead atoms. The number of thioether (sulfide) groups is 1. The lowest BCUT2D eigenvalue weighted by atomic mass is 9.88. The Morgan fingerprint density at radius 2 is 1.37 bits per heavy atom. The van der Waals surface area contributed by atoms with E-state index in [0.29, 0.717) is 11.4 Å². The Labute approximate surface area is 259 Å². The van der Waals surface area contributed by atoms with Crippen LogP contribution in [-0.2, 0) is 25.5 Å². The van der Waals surface area contributed by atoms with E-state index in [9.17, 15) is 14.4 Å². The highest BCUT2D eigenvalue weighted by molar-refractivity contribution is 8.00. The number of esters is 1. The number of amides is 1. The Bertz CT molecular complexity index is 1370. The van der Waals surface area contributed by atoms with Crippen molar-refractivity contribution in [2.75, 3.05) is 5.75 Å². The molecule has 0 spiro atoms. The van der Waals surface area contributed by atoms with Crippen LogP contribution in [0.15, 0.2) is 102 Å². The Hall–Kier alpha value is -3.64. The number of ketones is 1. The van der Waals surface area contributed by atoms with Crippen LogP contribution in [0.5, 0.6) is 0 Å². The molecule has 1 fully saturated rings. The minimum Gasteiger partial charge on any atom is -0.448 e. The molecule has 5 rings (SSSR count). The van der Waals surface area contributed by atoms with E-state index in [1.807, 2.05) is 91.0 Å². The fourth-order valence-corrected chi connectivity index (χ4v) is 7.45. The van der Waals surface area contributed by atoms with Crippen molar-refractivity contribution in [1.82, 2.24) is 4.90 Å². The molecule has 5 nitrogen and oxygen atoms in total. The van der Waals surface area contributed by atoms with Gasteiger partial charge in [-0.25, -0.2) is 4.79 Å². The molecule has 2 atom stereocenters. The fraction of sp³-hybridized carbons (Fsp3) is 0.378. The van der Waals surface area contributed by atoms with Gasteiger partial charge in [0.2, 0.25) is 5.91 Å². The molecule has 224 valence electrons. The number of carbonyl (C=O) groups excluding carboxylic acids is 3. The molecular formula is C37H41NO4S. The van der Waals surface area contributed by atoms with Gasteiger partial charge in [0, 0.05) is 12.2 Å². The van der Waals surface area contributed by atoms with Crippen LogP contribution in [0.4, 0.5) is 0 Å². The van der Waals surface area contributed by atoms with Gasteiger partial charge in [0.25, 0.3) is 0 Å². The summed E-state index contributed by atoms with van der Waals surface area (Å²) in [5.41, 5.74) is 3.91. The number of ether oxygens (including phenoxy) is 1. The third kappa shape index (κ3) is 7.48. The summed E-state index contributed by atoms with van der Waals surface area (Å²) in [7, 11) is 0. The molecule has 0 aromatic heterocycles. The van der Waals surface area contributed by atoms with E-state index in [2.05, 4.69) is 6.92 Å². The van der Waals surface area contributed by atoms with Crippen LogP contribution >= 0.6 is 11.8 Å². The Balaban J connectivity index is 1.37. The maximum Gasteiger partial charge on any atom is 0.356 e. The van der Waals surface area contributed by atoms with Crippen molar-refractivity contribution in [3.63, 3.8) is 0 Å². The van der Waals surface area contributed by atoms with E-state index in [0.717, 1.165) is 41.5 Å². The molecule has 43 heavy (non-hydrogen) atoms. The molecule has 2 unspecified atom stereocenters. The van der Waals surface area contributed by atoms with E-state index >= 15 is 0 Å². The summed E-state index contributed by atoms with van der Waals surface area (Å²) >= 11 is 1.60. The smallest absolute Gasteiger partial charge is 0.356 e. The molecule has 3 aromatic rings. The first-order valence-electron chi connectivity index (χ1n) is 15.6. The van der Waals surface area contributed by atoms with E-state index < -0.39 is 18.0 Å². The number of rotatable bonds is 15. The highest BCUT2D eigenvalue weighted by Crippen LogP contribution is 2.46. The number of nitrogens with zero attached hydrogens (tertiary/aromatic N) is 1. The summed E-state index contributed by atoms with van der Waals surface area (Å²) in [6, 6.07) is 28.9. The van der Waals surface area contributed by atoms with Crippen molar-refractivity contribution >= 4 is 29.4 Å².